The highest BCUT2D eigenvalue weighted by molar-refractivity contribution is 6.35. The van der Waals surface area contributed by atoms with Crippen LogP contribution in [0.3, 0.4) is 0 Å². The van der Waals surface area contributed by atoms with Crippen molar-refractivity contribution < 1.29 is 9.53 Å². The summed E-state index contributed by atoms with van der Waals surface area (Å²) in [5.41, 5.74) is 3.95. The topological polar surface area (TPSA) is 61.5 Å². The number of nitrogens with zero attached hydrogens (tertiary/aromatic N) is 3. The van der Waals surface area contributed by atoms with Gasteiger partial charge >= 0.3 is 0 Å². The Bertz CT molecular complexity index is 1320. The van der Waals surface area contributed by atoms with Crippen LogP contribution in [0, 0.1) is 0 Å². The number of piperazine rings is 1. The number of hydrogen-bond acceptors (Lipinski definition) is 4. The number of carbonyl (C=O) groups is 1. The molecule has 1 amide bonds. The van der Waals surface area contributed by atoms with Crippen LogP contribution in [0.5, 0.6) is 0 Å². The van der Waals surface area contributed by atoms with Gasteiger partial charge in [-0.05, 0) is 42.0 Å². The van der Waals surface area contributed by atoms with Crippen LogP contribution in [0.4, 0.5) is 0 Å². The molecule has 3 heterocycles. The first-order valence-corrected chi connectivity index (χ1v) is 11.6. The minimum Gasteiger partial charge on any atom is -0.383 e. The number of halogens is 2. The Labute approximate surface area is 202 Å². The smallest absolute Gasteiger partial charge is 0.242 e. The van der Waals surface area contributed by atoms with Gasteiger partial charge in [0.25, 0.3) is 0 Å². The third-order valence-corrected chi connectivity index (χ3v) is 6.72. The number of hydrogen-bond donors (Lipinski definition) is 1. The Morgan fingerprint density at radius 3 is 2.82 bits per heavy atom. The molecule has 1 saturated heterocycles. The van der Waals surface area contributed by atoms with Crippen molar-refractivity contribution >= 4 is 50.9 Å². The lowest BCUT2D eigenvalue weighted by Crippen LogP contribution is -2.57. The summed E-state index contributed by atoms with van der Waals surface area (Å²) in [6.45, 7) is 2.91. The summed E-state index contributed by atoms with van der Waals surface area (Å²) in [6.07, 6.45) is 1.70. The Hall–Kier alpha value is -2.64. The number of fused-ring (bicyclic) bond motifs is 2. The van der Waals surface area contributed by atoms with Crippen molar-refractivity contribution in [1.82, 2.24) is 19.8 Å². The minimum atomic E-state index is -0.341. The fourth-order valence-electron chi connectivity index (χ4n) is 4.51. The first-order chi connectivity index (χ1) is 16.0. The van der Waals surface area contributed by atoms with E-state index in [4.69, 9.17) is 27.9 Å². The van der Waals surface area contributed by atoms with Crippen LogP contribution < -0.4 is 0 Å². The fourth-order valence-corrected chi connectivity index (χ4v) is 4.90. The van der Waals surface area contributed by atoms with E-state index in [1.165, 1.54) is 0 Å². The predicted molar refractivity (Wildman–Crippen MR) is 132 cm³/mol. The van der Waals surface area contributed by atoms with Gasteiger partial charge in [-0.1, -0.05) is 35.3 Å². The van der Waals surface area contributed by atoms with Crippen LogP contribution in [-0.2, 0) is 22.6 Å². The summed E-state index contributed by atoms with van der Waals surface area (Å²) in [4.78, 5) is 25.3. The molecule has 170 valence electrons. The lowest BCUT2D eigenvalue weighted by atomic mass is 10.1. The van der Waals surface area contributed by atoms with E-state index in [0.29, 0.717) is 36.3 Å². The molecule has 1 N–H and O–H groups in total. The maximum absolute atomic E-state index is 13.4. The first kappa shape index (κ1) is 22.2. The zero-order valence-corrected chi connectivity index (χ0v) is 19.7. The zero-order valence-electron chi connectivity index (χ0n) is 18.2. The molecule has 1 fully saturated rings. The molecule has 8 heteroatoms. The van der Waals surface area contributed by atoms with Gasteiger partial charge in [0.2, 0.25) is 5.91 Å². The summed E-state index contributed by atoms with van der Waals surface area (Å²) in [7, 11) is 1.63. The van der Waals surface area contributed by atoms with E-state index in [-0.39, 0.29) is 11.9 Å². The molecule has 4 aromatic rings. The van der Waals surface area contributed by atoms with Crippen molar-refractivity contribution in [3.8, 4) is 0 Å². The van der Waals surface area contributed by atoms with Gasteiger partial charge in [-0.25, -0.2) is 0 Å². The summed E-state index contributed by atoms with van der Waals surface area (Å²) < 4.78 is 5.42. The van der Waals surface area contributed by atoms with Gasteiger partial charge in [-0.3, -0.25) is 14.7 Å². The van der Waals surface area contributed by atoms with Crippen molar-refractivity contribution in [2.75, 3.05) is 26.8 Å². The van der Waals surface area contributed by atoms with E-state index >= 15 is 0 Å². The summed E-state index contributed by atoms with van der Waals surface area (Å²) >= 11 is 12.4. The van der Waals surface area contributed by atoms with Gasteiger partial charge in [0.05, 0.1) is 17.1 Å². The lowest BCUT2D eigenvalue weighted by molar-refractivity contribution is -0.145. The highest BCUT2D eigenvalue weighted by Crippen LogP contribution is 2.25. The molecule has 1 aliphatic heterocycles. The number of nitrogens with one attached hydrogen (secondary N) is 1. The Balaban J connectivity index is 1.33. The maximum Gasteiger partial charge on any atom is 0.242 e. The number of benzene rings is 2. The van der Waals surface area contributed by atoms with Gasteiger partial charge in [-0.15, -0.1) is 0 Å². The van der Waals surface area contributed by atoms with E-state index in [9.17, 15) is 4.79 Å². The number of rotatable bonds is 6. The lowest BCUT2D eigenvalue weighted by Gasteiger charge is -2.40. The number of carbonyl (C=O) groups excluding carboxylic acids is 1. The maximum atomic E-state index is 13.4. The van der Waals surface area contributed by atoms with Crippen molar-refractivity contribution in [2.45, 2.75) is 19.1 Å². The highest BCUT2D eigenvalue weighted by atomic mass is 35.5. The second kappa shape index (κ2) is 9.31. The Morgan fingerprint density at radius 2 is 1.97 bits per heavy atom. The molecular formula is C25H24Cl2N4O2. The summed E-state index contributed by atoms with van der Waals surface area (Å²) in [5.74, 6) is 0.0707. The van der Waals surface area contributed by atoms with Crippen LogP contribution in [0.1, 0.15) is 11.3 Å². The average molecular weight is 483 g/mol. The van der Waals surface area contributed by atoms with E-state index in [2.05, 4.69) is 20.9 Å². The Kier molecular flexibility index (Phi) is 6.25. The first-order valence-electron chi connectivity index (χ1n) is 10.8. The van der Waals surface area contributed by atoms with Gasteiger partial charge in [0, 0.05) is 66.5 Å². The van der Waals surface area contributed by atoms with Crippen molar-refractivity contribution in [1.29, 1.82) is 0 Å². The van der Waals surface area contributed by atoms with E-state index in [1.807, 2.05) is 41.3 Å². The average Bonchev–Trinajstić information content (AvgIpc) is 3.19. The number of aromatic amines is 1. The van der Waals surface area contributed by atoms with Crippen LogP contribution in [0.25, 0.3) is 21.8 Å². The van der Waals surface area contributed by atoms with Crippen molar-refractivity contribution in [3.63, 3.8) is 0 Å². The van der Waals surface area contributed by atoms with E-state index in [1.54, 1.807) is 19.4 Å². The quantitative estimate of drug-likeness (QED) is 0.425. The SMILES string of the molecule is COC[C@H]1C(=O)N(Cc2ccc3c(Cl)ccnc3c2)CCN1Cc1cc2cc(Cl)ccc2[nH]1. The number of ether oxygens (including phenoxy) is 1. The molecule has 1 atom stereocenters. The molecule has 2 aromatic heterocycles. The van der Waals surface area contributed by atoms with E-state index in [0.717, 1.165) is 39.6 Å². The number of amides is 1. The second-order valence-corrected chi connectivity index (χ2v) is 9.22. The Morgan fingerprint density at radius 1 is 1.09 bits per heavy atom. The van der Waals surface area contributed by atoms with Crippen molar-refractivity contribution in [3.05, 3.63) is 76.0 Å². The molecule has 2 aromatic carbocycles. The van der Waals surface area contributed by atoms with Gasteiger partial charge < -0.3 is 14.6 Å². The van der Waals surface area contributed by atoms with Gasteiger partial charge in [0.15, 0.2) is 0 Å². The van der Waals surface area contributed by atoms with Gasteiger partial charge in [0.1, 0.15) is 6.04 Å². The fraction of sp³-hybridized carbons (Fsp3) is 0.280. The second-order valence-electron chi connectivity index (χ2n) is 8.37. The zero-order chi connectivity index (χ0) is 22.9. The van der Waals surface area contributed by atoms with Gasteiger partial charge in [-0.2, -0.15) is 0 Å². The van der Waals surface area contributed by atoms with Crippen LogP contribution in [-0.4, -0.2) is 58.5 Å². The van der Waals surface area contributed by atoms with Crippen LogP contribution in [0.15, 0.2) is 54.7 Å². The molecule has 33 heavy (non-hydrogen) atoms. The number of H-pyrrole nitrogens is 1. The number of aromatic nitrogens is 2. The summed E-state index contributed by atoms with van der Waals surface area (Å²) in [6, 6.07) is 15.3. The predicted octanol–water partition coefficient (Wildman–Crippen LogP) is 4.88. The molecule has 0 radical (unpaired) electrons. The monoisotopic (exact) mass is 482 g/mol. The minimum absolute atomic E-state index is 0.0707. The molecule has 1 aliphatic rings. The van der Waals surface area contributed by atoms with Crippen LogP contribution in [0.2, 0.25) is 10.0 Å². The summed E-state index contributed by atoms with van der Waals surface area (Å²) in [5, 5.41) is 3.36. The standard InChI is InChI=1S/C25H24Cl2N4O2/c1-33-15-24-25(32)31(13-16-2-4-20-21(27)6-7-28-23(20)10-16)9-8-30(24)14-19-12-17-11-18(26)3-5-22(17)29-19/h2-7,10-12,24,29H,8-9,13-15H2,1H3/t24-/m0/s1. The molecule has 0 saturated carbocycles. The molecule has 6 nitrogen and oxygen atoms in total. The molecule has 0 unspecified atom stereocenters. The largest absolute Gasteiger partial charge is 0.383 e. The van der Waals surface area contributed by atoms with Crippen LogP contribution >= 0.6 is 23.2 Å². The molecule has 0 aliphatic carbocycles. The molecule has 0 bridgehead atoms. The molecule has 5 rings (SSSR count). The van der Waals surface area contributed by atoms with E-state index < -0.39 is 0 Å². The normalized spacial score (nSPS) is 17.4. The highest BCUT2D eigenvalue weighted by Gasteiger charge is 2.35. The van der Waals surface area contributed by atoms with Crippen molar-refractivity contribution in [2.24, 2.45) is 0 Å². The third-order valence-electron chi connectivity index (χ3n) is 6.16. The number of methoxy groups -OCH3 is 1. The third kappa shape index (κ3) is 4.57. The molecular weight excluding hydrogens is 459 g/mol. The molecule has 0 spiro atoms. The number of pyridine rings is 1.